The summed E-state index contributed by atoms with van der Waals surface area (Å²) in [5.41, 5.74) is 6.80. The lowest BCUT2D eigenvalue weighted by molar-refractivity contribution is 0.896. The number of benzene rings is 2. The number of rotatable bonds is 6. The SMILES string of the molecule is CCCCSc1ccc(Sc2ccccc2N)cc1. The van der Waals surface area contributed by atoms with E-state index in [2.05, 4.69) is 37.3 Å². The number of para-hydroxylation sites is 1. The first-order valence-electron chi connectivity index (χ1n) is 6.55. The Kier molecular flexibility index (Phi) is 5.67. The van der Waals surface area contributed by atoms with Crippen LogP contribution in [0.1, 0.15) is 19.8 Å². The van der Waals surface area contributed by atoms with Crippen molar-refractivity contribution in [3.8, 4) is 0 Å². The fourth-order valence-electron chi connectivity index (χ4n) is 1.64. The van der Waals surface area contributed by atoms with Crippen molar-refractivity contribution < 1.29 is 0 Å². The average molecular weight is 289 g/mol. The van der Waals surface area contributed by atoms with Gasteiger partial charge in [-0.05, 0) is 48.6 Å². The molecule has 0 saturated heterocycles. The van der Waals surface area contributed by atoms with Gasteiger partial charge in [0.05, 0.1) is 0 Å². The molecule has 0 amide bonds. The second-order valence-corrected chi connectivity index (χ2v) is 6.60. The lowest BCUT2D eigenvalue weighted by Crippen LogP contribution is -1.86. The molecule has 2 N–H and O–H groups in total. The van der Waals surface area contributed by atoms with E-state index in [1.807, 2.05) is 30.0 Å². The predicted octanol–water partition coefficient (Wildman–Crippen LogP) is 5.31. The van der Waals surface area contributed by atoms with E-state index in [-0.39, 0.29) is 0 Å². The lowest BCUT2D eigenvalue weighted by Gasteiger charge is -2.06. The third-order valence-electron chi connectivity index (χ3n) is 2.74. The van der Waals surface area contributed by atoms with Crippen molar-refractivity contribution in [2.45, 2.75) is 34.5 Å². The van der Waals surface area contributed by atoms with Crippen molar-refractivity contribution >= 4 is 29.2 Å². The molecule has 100 valence electrons. The van der Waals surface area contributed by atoms with Gasteiger partial charge in [0, 0.05) is 20.4 Å². The molecule has 19 heavy (non-hydrogen) atoms. The van der Waals surface area contributed by atoms with Gasteiger partial charge in [0.25, 0.3) is 0 Å². The largest absolute Gasteiger partial charge is 0.398 e. The van der Waals surface area contributed by atoms with Gasteiger partial charge in [-0.25, -0.2) is 0 Å². The van der Waals surface area contributed by atoms with Crippen molar-refractivity contribution in [2.24, 2.45) is 0 Å². The number of thioether (sulfide) groups is 1. The molecule has 0 aliphatic carbocycles. The molecular weight excluding hydrogens is 270 g/mol. The highest BCUT2D eigenvalue weighted by Crippen LogP contribution is 2.32. The first kappa shape index (κ1) is 14.4. The summed E-state index contributed by atoms with van der Waals surface area (Å²) in [4.78, 5) is 3.70. The number of nitrogen functional groups attached to an aromatic ring is 1. The Hall–Kier alpha value is -1.06. The standard InChI is InChI=1S/C16H19NS2/c1-2-3-12-18-13-8-10-14(11-9-13)19-16-7-5-4-6-15(16)17/h4-11H,2-3,12,17H2,1H3. The van der Waals surface area contributed by atoms with Crippen molar-refractivity contribution in [3.05, 3.63) is 48.5 Å². The molecule has 1 nitrogen and oxygen atoms in total. The number of nitrogens with two attached hydrogens (primary N) is 1. The van der Waals surface area contributed by atoms with Crippen LogP contribution in [0.4, 0.5) is 5.69 Å². The van der Waals surface area contributed by atoms with Gasteiger partial charge < -0.3 is 5.73 Å². The van der Waals surface area contributed by atoms with Crippen LogP contribution in [0.3, 0.4) is 0 Å². The van der Waals surface area contributed by atoms with Gasteiger partial charge in [-0.1, -0.05) is 37.2 Å². The Morgan fingerprint density at radius 1 is 0.947 bits per heavy atom. The summed E-state index contributed by atoms with van der Waals surface area (Å²) in [5, 5.41) is 0. The van der Waals surface area contributed by atoms with Gasteiger partial charge in [0.1, 0.15) is 0 Å². The summed E-state index contributed by atoms with van der Waals surface area (Å²) in [6.07, 6.45) is 2.54. The molecule has 0 heterocycles. The normalized spacial score (nSPS) is 10.6. The lowest BCUT2D eigenvalue weighted by atomic mass is 10.3. The molecule has 0 aromatic heterocycles. The average Bonchev–Trinajstić information content (AvgIpc) is 2.44. The first-order valence-corrected chi connectivity index (χ1v) is 8.35. The molecular formula is C16H19NS2. The molecule has 0 aliphatic heterocycles. The molecule has 0 spiro atoms. The molecule has 3 heteroatoms. The Balaban J connectivity index is 1.97. The molecule has 0 atom stereocenters. The van der Waals surface area contributed by atoms with Gasteiger partial charge >= 0.3 is 0 Å². The third kappa shape index (κ3) is 4.51. The van der Waals surface area contributed by atoms with Crippen LogP contribution in [0.15, 0.2) is 63.2 Å². The maximum atomic E-state index is 5.95. The predicted molar refractivity (Wildman–Crippen MR) is 87.1 cm³/mol. The van der Waals surface area contributed by atoms with Gasteiger partial charge in [-0.2, -0.15) is 0 Å². The maximum absolute atomic E-state index is 5.95. The van der Waals surface area contributed by atoms with Gasteiger partial charge in [-0.15, -0.1) is 11.8 Å². The monoisotopic (exact) mass is 289 g/mol. The quantitative estimate of drug-likeness (QED) is 0.443. The van der Waals surface area contributed by atoms with E-state index in [9.17, 15) is 0 Å². The van der Waals surface area contributed by atoms with Gasteiger partial charge in [-0.3, -0.25) is 0 Å². The Morgan fingerprint density at radius 3 is 2.32 bits per heavy atom. The van der Waals surface area contributed by atoms with Crippen molar-refractivity contribution in [1.82, 2.24) is 0 Å². The zero-order valence-corrected chi connectivity index (χ0v) is 12.8. The first-order chi connectivity index (χ1) is 9.29. The van der Waals surface area contributed by atoms with Gasteiger partial charge in [0.2, 0.25) is 0 Å². The second kappa shape index (κ2) is 7.51. The van der Waals surface area contributed by atoms with Crippen molar-refractivity contribution in [1.29, 1.82) is 0 Å². The van der Waals surface area contributed by atoms with Crippen LogP contribution in [0, 0.1) is 0 Å². The molecule has 0 saturated carbocycles. The summed E-state index contributed by atoms with van der Waals surface area (Å²) >= 11 is 3.65. The smallest absolute Gasteiger partial charge is 0.0455 e. The summed E-state index contributed by atoms with van der Waals surface area (Å²) in [5.74, 6) is 1.20. The Bertz CT molecular complexity index is 508. The molecule has 0 fully saturated rings. The van der Waals surface area contributed by atoms with E-state index in [1.54, 1.807) is 11.8 Å². The minimum atomic E-state index is 0.842. The maximum Gasteiger partial charge on any atom is 0.0455 e. The minimum absolute atomic E-state index is 0.842. The number of unbranched alkanes of at least 4 members (excludes halogenated alkanes) is 1. The van der Waals surface area contributed by atoms with Gasteiger partial charge in [0.15, 0.2) is 0 Å². The zero-order chi connectivity index (χ0) is 13.5. The highest BCUT2D eigenvalue weighted by molar-refractivity contribution is 7.99. The van der Waals surface area contributed by atoms with E-state index in [0.717, 1.165) is 10.6 Å². The molecule has 0 radical (unpaired) electrons. The van der Waals surface area contributed by atoms with E-state index in [4.69, 9.17) is 5.73 Å². The summed E-state index contributed by atoms with van der Waals surface area (Å²) in [6, 6.07) is 16.7. The summed E-state index contributed by atoms with van der Waals surface area (Å²) in [6.45, 7) is 2.23. The number of anilines is 1. The molecule has 0 bridgehead atoms. The fraction of sp³-hybridized carbons (Fsp3) is 0.250. The van der Waals surface area contributed by atoms with Crippen LogP contribution >= 0.6 is 23.5 Å². The molecule has 2 aromatic carbocycles. The number of hydrogen-bond donors (Lipinski definition) is 1. The minimum Gasteiger partial charge on any atom is -0.398 e. The van der Waals surface area contributed by atoms with Crippen molar-refractivity contribution in [2.75, 3.05) is 11.5 Å². The topological polar surface area (TPSA) is 26.0 Å². The Labute approximate surface area is 124 Å². The Morgan fingerprint density at radius 2 is 1.63 bits per heavy atom. The van der Waals surface area contributed by atoms with E-state index in [0.29, 0.717) is 0 Å². The number of hydrogen-bond acceptors (Lipinski definition) is 3. The van der Waals surface area contributed by atoms with Crippen LogP contribution in [0.25, 0.3) is 0 Å². The molecule has 0 unspecified atom stereocenters. The summed E-state index contributed by atoms with van der Waals surface area (Å²) < 4.78 is 0. The van der Waals surface area contributed by atoms with E-state index < -0.39 is 0 Å². The molecule has 2 aromatic rings. The second-order valence-electron chi connectivity index (χ2n) is 4.31. The highest BCUT2D eigenvalue weighted by atomic mass is 32.2. The molecule has 0 aliphatic rings. The van der Waals surface area contributed by atoms with Crippen LogP contribution in [0.5, 0.6) is 0 Å². The van der Waals surface area contributed by atoms with E-state index >= 15 is 0 Å². The van der Waals surface area contributed by atoms with Crippen molar-refractivity contribution in [3.63, 3.8) is 0 Å². The van der Waals surface area contributed by atoms with Crippen LogP contribution in [-0.2, 0) is 0 Å². The van der Waals surface area contributed by atoms with E-state index in [1.165, 1.54) is 28.4 Å². The fourth-order valence-corrected chi connectivity index (χ4v) is 3.49. The molecule has 2 rings (SSSR count). The zero-order valence-electron chi connectivity index (χ0n) is 11.1. The van der Waals surface area contributed by atoms with Crippen LogP contribution in [0.2, 0.25) is 0 Å². The third-order valence-corrected chi connectivity index (χ3v) is 4.94. The van der Waals surface area contributed by atoms with Crippen LogP contribution in [-0.4, -0.2) is 5.75 Å². The highest BCUT2D eigenvalue weighted by Gasteiger charge is 2.01. The van der Waals surface area contributed by atoms with Crippen LogP contribution < -0.4 is 5.73 Å². The summed E-state index contributed by atoms with van der Waals surface area (Å²) in [7, 11) is 0.